The van der Waals surface area contributed by atoms with Crippen molar-refractivity contribution in [1.82, 2.24) is 0 Å². The summed E-state index contributed by atoms with van der Waals surface area (Å²) in [7, 11) is 0. The SMILES string of the molecule is CCC(=O)Nc1ccc(OC2CCC(C(F)(F)F)CC2)cc1. The highest BCUT2D eigenvalue weighted by atomic mass is 19.4. The Hall–Kier alpha value is -1.72. The third kappa shape index (κ3) is 4.64. The molecule has 1 fully saturated rings. The van der Waals surface area contributed by atoms with Gasteiger partial charge in [-0.3, -0.25) is 4.79 Å². The topological polar surface area (TPSA) is 38.3 Å². The zero-order valence-corrected chi connectivity index (χ0v) is 12.5. The highest BCUT2D eigenvalue weighted by molar-refractivity contribution is 5.90. The van der Waals surface area contributed by atoms with Gasteiger partial charge in [0.2, 0.25) is 5.91 Å². The number of carbonyl (C=O) groups excluding carboxylic acids is 1. The van der Waals surface area contributed by atoms with Gasteiger partial charge in [-0.2, -0.15) is 13.2 Å². The molecule has 0 aromatic heterocycles. The largest absolute Gasteiger partial charge is 0.490 e. The third-order valence-electron chi connectivity index (χ3n) is 3.90. The lowest BCUT2D eigenvalue weighted by molar-refractivity contribution is -0.185. The summed E-state index contributed by atoms with van der Waals surface area (Å²) in [6.07, 6.45) is -2.78. The summed E-state index contributed by atoms with van der Waals surface area (Å²) < 4.78 is 43.5. The van der Waals surface area contributed by atoms with Crippen LogP contribution >= 0.6 is 0 Å². The summed E-state index contributed by atoms with van der Waals surface area (Å²) in [6.45, 7) is 1.77. The average molecular weight is 315 g/mol. The number of rotatable bonds is 4. The lowest BCUT2D eigenvalue weighted by atomic mass is 9.87. The van der Waals surface area contributed by atoms with E-state index in [2.05, 4.69) is 5.32 Å². The minimum atomic E-state index is -4.09. The third-order valence-corrected chi connectivity index (χ3v) is 3.90. The smallest absolute Gasteiger partial charge is 0.391 e. The van der Waals surface area contributed by atoms with E-state index in [9.17, 15) is 18.0 Å². The van der Waals surface area contributed by atoms with Crippen molar-refractivity contribution >= 4 is 11.6 Å². The van der Waals surface area contributed by atoms with Gasteiger partial charge in [-0.05, 0) is 49.9 Å². The van der Waals surface area contributed by atoms with E-state index < -0.39 is 12.1 Å². The molecular weight excluding hydrogens is 295 g/mol. The summed E-state index contributed by atoms with van der Waals surface area (Å²) in [5, 5.41) is 2.73. The maximum absolute atomic E-state index is 12.6. The van der Waals surface area contributed by atoms with Gasteiger partial charge in [-0.15, -0.1) is 0 Å². The molecule has 0 atom stereocenters. The Bertz CT molecular complexity index is 491. The van der Waals surface area contributed by atoms with Crippen molar-refractivity contribution in [2.75, 3.05) is 5.32 Å². The molecule has 0 saturated heterocycles. The Labute approximate surface area is 127 Å². The van der Waals surface area contributed by atoms with Crippen LogP contribution in [0, 0.1) is 5.92 Å². The minimum Gasteiger partial charge on any atom is -0.490 e. The lowest BCUT2D eigenvalue weighted by Crippen LogP contribution is -2.31. The number of alkyl halides is 3. The second-order valence-electron chi connectivity index (χ2n) is 5.56. The molecule has 1 aliphatic rings. The molecule has 0 heterocycles. The first-order valence-electron chi connectivity index (χ1n) is 7.51. The first kappa shape index (κ1) is 16.6. The van der Waals surface area contributed by atoms with Gasteiger partial charge in [0.1, 0.15) is 5.75 Å². The van der Waals surface area contributed by atoms with Gasteiger partial charge in [-0.25, -0.2) is 0 Å². The number of nitrogens with one attached hydrogen (secondary N) is 1. The molecule has 0 aliphatic heterocycles. The zero-order chi connectivity index (χ0) is 16.2. The van der Waals surface area contributed by atoms with Gasteiger partial charge in [0.25, 0.3) is 0 Å². The molecule has 0 radical (unpaired) electrons. The number of benzene rings is 1. The Morgan fingerprint density at radius 3 is 2.27 bits per heavy atom. The van der Waals surface area contributed by atoms with Crippen LogP contribution in [0.4, 0.5) is 18.9 Å². The van der Waals surface area contributed by atoms with Crippen LogP contribution < -0.4 is 10.1 Å². The van der Waals surface area contributed by atoms with Gasteiger partial charge in [0.15, 0.2) is 0 Å². The predicted molar refractivity (Wildman–Crippen MR) is 77.8 cm³/mol. The van der Waals surface area contributed by atoms with E-state index in [0.29, 0.717) is 30.7 Å². The maximum atomic E-state index is 12.6. The Balaban J connectivity index is 1.84. The van der Waals surface area contributed by atoms with Crippen LogP contribution in [0.1, 0.15) is 39.0 Å². The van der Waals surface area contributed by atoms with E-state index >= 15 is 0 Å². The molecule has 1 aromatic carbocycles. The number of halogens is 3. The molecule has 2 rings (SSSR count). The fourth-order valence-electron chi connectivity index (χ4n) is 2.57. The van der Waals surface area contributed by atoms with Gasteiger partial charge in [0, 0.05) is 12.1 Å². The van der Waals surface area contributed by atoms with Gasteiger partial charge < -0.3 is 10.1 Å². The number of ether oxygens (including phenoxy) is 1. The van der Waals surface area contributed by atoms with Crippen molar-refractivity contribution in [3.05, 3.63) is 24.3 Å². The van der Waals surface area contributed by atoms with E-state index in [-0.39, 0.29) is 24.9 Å². The van der Waals surface area contributed by atoms with E-state index in [1.54, 1.807) is 31.2 Å². The van der Waals surface area contributed by atoms with E-state index in [1.165, 1.54) is 0 Å². The molecule has 6 heteroatoms. The number of amides is 1. The van der Waals surface area contributed by atoms with Gasteiger partial charge in [-0.1, -0.05) is 6.92 Å². The molecule has 1 N–H and O–H groups in total. The highest BCUT2D eigenvalue weighted by Crippen LogP contribution is 2.38. The molecule has 122 valence electrons. The number of carbonyl (C=O) groups is 1. The minimum absolute atomic E-state index is 0.0702. The van der Waals surface area contributed by atoms with Gasteiger partial charge >= 0.3 is 6.18 Å². The van der Waals surface area contributed by atoms with E-state index in [0.717, 1.165) is 0 Å². The predicted octanol–water partition coefficient (Wildman–Crippen LogP) is 4.54. The summed E-state index contributed by atoms with van der Waals surface area (Å²) in [5.41, 5.74) is 0.681. The Morgan fingerprint density at radius 2 is 1.77 bits per heavy atom. The van der Waals surface area contributed by atoms with E-state index in [4.69, 9.17) is 4.74 Å². The molecule has 1 aliphatic carbocycles. The van der Waals surface area contributed by atoms with Crippen LogP contribution in [0.15, 0.2) is 24.3 Å². The molecule has 1 saturated carbocycles. The average Bonchev–Trinajstić information content (AvgIpc) is 2.49. The second kappa shape index (κ2) is 7.03. The molecule has 3 nitrogen and oxygen atoms in total. The summed E-state index contributed by atoms with van der Waals surface area (Å²) in [4.78, 5) is 11.3. The monoisotopic (exact) mass is 315 g/mol. The Kier molecular flexibility index (Phi) is 5.32. The first-order chi connectivity index (χ1) is 10.4. The molecular formula is C16H20F3NO2. The first-order valence-corrected chi connectivity index (χ1v) is 7.51. The summed E-state index contributed by atoms with van der Waals surface area (Å²) >= 11 is 0. The molecule has 0 unspecified atom stereocenters. The quantitative estimate of drug-likeness (QED) is 0.886. The van der Waals surface area contributed by atoms with Crippen LogP contribution in [0.5, 0.6) is 5.75 Å². The molecule has 1 aromatic rings. The molecule has 22 heavy (non-hydrogen) atoms. The van der Waals surface area contributed by atoms with Crippen molar-refractivity contribution in [3.63, 3.8) is 0 Å². The number of hydrogen-bond donors (Lipinski definition) is 1. The van der Waals surface area contributed by atoms with Crippen LogP contribution in [0.25, 0.3) is 0 Å². The number of anilines is 1. The van der Waals surface area contributed by atoms with Crippen LogP contribution in [0.2, 0.25) is 0 Å². The van der Waals surface area contributed by atoms with Crippen molar-refractivity contribution in [2.45, 2.75) is 51.3 Å². The van der Waals surface area contributed by atoms with Crippen LogP contribution in [-0.4, -0.2) is 18.2 Å². The lowest BCUT2D eigenvalue weighted by Gasteiger charge is -2.30. The zero-order valence-electron chi connectivity index (χ0n) is 12.5. The Morgan fingerprint density at radius 1 is 1.18 bits per heavy atom. The number of hydrogen-bond acceptors (Lipinski definition) is 2. The van der Waals surface area contributed by atoms with Crippen LogP contribution in [-0.2, 0) is 4.79 Å². The molecule has 0 spiro atoms. The summed E-state index contributed by atoms with van der Waals surface area (Å²) in [5.74, 6) is -0.650. The fourth-order valence-corrected chi connectivity index (χ4v) is 2.57. The maximum Gasteiger partial charge on any atom is 0.391 e. The van der Waals surface area contributed by atoms with Gasteiger partial charge in [0.05, 0.1) is 12.0 Å². The van der Waals surface area contributed by atoms with Crippen LogP contribution in [0.3, 0.4) is 0 Å². The van der Waals surface area contributed by atoms with E-state index in [1.807, 2.05) is 0 Å². The fraction of sp³-hybridized carbons (Fsp3) is 0.562. The van der Waals surface area contributed by atoms with Crippen molar-refractivity contribution < 1.29 is 22.7 Å². The highest BCUT2D eigenvalue weighted by Gasteiger charge is 2.41. The van der Waals surface area contributed by atoms with Crippen molar-refractivity contribution in [1.29, 1.82) is 0 Å². The second-order valence-corrected chi connectivity index (χ2v) is 5.56. The standard InChI is InChI=1S/C16H20F3NO2/c1-2-15(21)20-12-5-9-14(10-6-12)22-13-7-3-11(4-8-13)16(17,18)19/h5-6,9-11,13H,2-4,7-8H2,1H3,(H,20,21). The van der Waals surface area contributed by atoms with Crippen molar-refractivity contribution in [3.8, 4) is 5.75 Å². The van der Waals surface area contributed by atoms with Crippen molar-refractivity contribution in [2.24, 2.45) is 5.92 Å². The molecule has 1 amide bonds. The summed E-state index contributed by atoms with van der Waals surface area (Å²) in [6, 6.07) is 6.90. The molecule has 0 bridgehead atoms. The normalized spacial score (nSPS) is 22.2.